The molecule has 0 aliphatic carbocycles. The van der Waals surface area contributed by atoms with Gasteiger partial charge in [0.1, 0.15) is 6.61 Å². The van der Waals surface area contributed by atoms with Crippen molar-refractivity contribution in [3.63, 3.8) is 0 Å². The van der Waals surface area contributed by atoms with Crippen LogP contribution in [0.2, 0.25) is 0 Å². The number of nitrogens with zero attached hydrogens (tertiary/aromatic N) is 2. The number of benzene rings is 1. The molecule has 2 heterocycles. The van der Waals surface area contributed by atoms with Gasteiger partial charge in [-0.3, -0.25) is 4.98 Å². The summed E-state index contributed by atoms with van der Waals surface area (Å²) >= 11 is 0. The van der Waals surface area contributed by atoms with E-state index in [0.717, 1.165) is 35.9 Å². The van der Waals surface area contributed by atoms with Gasteiger partial charge in [-0.1, -0.05) is 23.4 Å². The van der Waals surface area contributed by atoms with Gasteiger partial charge in [-0.05, 0) is 31.4 Å². The number of aromatic nitrogens is 1. The van der Waals surface area contributed by atoms with E-state index in [9.17, 15) is 0 Å². The average molecular weight is 300 g/mol. The van der Waals surface area contributed by atoms with Crippen molar-refractivity contribution in [3.05, 3.63) is 42.1 Å². The molecule has 0 amide bonds. The van der Waals surface area contributed by atoms with E-state index in [2.05, 4.69) is 10.1 Å². The Bertz CT molecular complexity index is 624. The van der Waals surface area contributed by atoms with E-state index in [-0.39, 0.29) is 6.29 Å². The summed E-state index contributed by atoms with van der Waals surface area (Å²) in [7, 11) is 0. The van der Waals surface area contributed by atoms with Crippen molar-refractivity contribution in [1.82, 2.24) is 4.98 Å². The fourth-order valence-corrected chi connectivity index (χ4v) is 2.37. The Morgan fingerprint density at radius 1 is 1.27 bits per heavy atom. The third-order valence-corrected chi connectivity index (χ3v) is 3.50. The molecule has 1 atom stereocenters. The Kier molecular flexibility index (Phi) is 5.34. The number of hydrogen-bond donors (Lipinski definition) is 0. The first-order chi connectivity index (χ1) is 10.9. The number of rotatable bonds is 6. The van der Waals surface area contributed by atoms with Crippen molar-refractivity contribution in [2.75, 3.05) is 19.8 Å². The topological polar surface area (TPSA) is 52.9 Å². The van der Waals surface area contributed by atoms with Crippen LogP contribution in [0.4, 0.5) is 0 Å². The molecule has 0 N–H and O–H groups in total. The minimum Gasteiger partial charge on any atom is -0.393 e. The molecule has 1 fully saturated rings. The summed E-state index contributed by atoms with van der Waals surface area (Å²) in [5.41, 5.74) is 1.89. The number of hydrogen-bond acceptors (Lipinski definition) is 5. The SMILES string of the molecule is C(=NOCCOC1CCCCO1)c1cnc2ccccc2c1. The lowest BCUT2D eigenvalue weighted by molar-refractivity contribution is -0.168. The number of pyridine rings is 1. The molecule has 5 nitrogen and oxygen atoms in total. The van der Waals surface area contributed by atoms with E-state index in [4.69, 9.17) is 14.3 Å². The van der Waals surface area contributed by atoms with Crippen LogP contribution in [-0.4, -0.2) is 37.3 Å². The van der Waals surface area contributed by atoms with Crippen LogP contribution < -0.4 is 0 Å². The molecule has 22 heavy (non-hydrogen) atoms. The maximum atomic E-state index is 5.56. The second kappa shape index (κ2) is 7.87. The molecular formula is C17H20N2O3. The van der Waals surface area contributed by atoms with Crippen LogP contribution in [0.25, 0.3) is 10.9 Å². The Morgan fingerprint density at radius 2 is 2.23 bits per heavy atom. The molecule has 1 aliphatic heterocycles. The molecule has 2 aromatic rings. The predicted molar refractivity (Wildman–Crippen MR) is 84.8 cm³/mol. The molecular weight excluding hydrogens is 280 g/mol. The Balaban J connectivity index is 1.41. The van der Waals surface area contributed by atoms with Gasteiger partial charge in [0, 0.05) is 23.8 Å². The Labute approximate surface area is 129 Å². The van der Waals surface area contributed by atoms with E-state index in [0.29, 0.717) is 13.2 Å². The molecule has 1 unspecified atom stereocenters. The highest BCUT2D eigenvalue weighted by molar-refractivity contribution is 5.87. The molecule has 1 saturated heterocycles. The second-order valence-electron chi connectivity index (χ2n) is 5.20. The maximum absolute atomic E-state index is 5.56. The van der Waals surface area contributed by atoms with Crippen LogP contribution in [0.5, 0.6) is 0 Å². The largest absolute Gasteiger partial charge is 0.393 e. The van der Waals surface area contributed by atoms with Gasteiger partial charge in [0.05, 0.1) is 18.3 Å². The second-order valence-corrected chi connectivity index (χ2v) is 5.20. The first kappa shape index (κ1) is 14.9. The molecule has 0 radical (unpaired) electrons. The smallest absolute Gasteiger partial charge is 0.157 e. The van der Waals surface area contributed by atoms with Gasteiger partial charge in [-0.25, -0.2) is 0 Å². The first-order valence-corrected chi connectivity index (χ1v) is 7.65. The number of oxime groups is 1. The summed E-state index contributed by atoms with van der Waals surface area (Å²) in [6, 6.07) is 10.0. The highest BCUT2D eigenvalue weighted by Gasteiger charge is 2.13. The van der Waals surface area contributed by atoms with E-state index in [1.807, 2.05) is 30.3 Å². The third kappa shape index (κ3) is 4.26. The third-order valence-electron chi connectivity index (χ3n) is 3.50. The normalized spacial score (nSPS) is 18.8. The van der Waals surface area contributed by atoms with Crippen LogP contribution in [0.3, 0.4) is 0 Å². The van der Waals surface area contributed by atoms with Crippen molar-refractivity contribution in [2.45, 2.75) is 25.6 Å². The van der Waals surface area contributed by atoms with E-state index >= 15 is 0 Å². The monoisotopic (exact) mass is 300 g/mol. The minimum absolute atomic E-state index is 0.0778. The summed E-state index contributed by atoms with van der Waals surface area (Å²) in [5.74, 6) is 0. The lowest BCUT2D eigenvalue weighted by atomic mass is 10.2. The van der Waals surface area contributed by atoms with Gasteiger partial charge in [0.25, 0.3) is 0 Å². The van der Waals surface area contributed by atoms with Crippen LogP contribution in [0.15, 0.2) is 41.7 Å². The summed E-state index contributed by atoms with van der Waals surface area (Å²) in [4.78, 5) is 9.57. The average Bonchev–Trinajstić information content (AvgIpc) is 2.59. The van der Waals surface area contributed by atoms with Crippen molar-refractivity contribution in [1.29, 1.82) is 0 Å². The standard InChI is InChI=1S/C17H20N2O3/c1-2-6-16-15(5-1)11-14(12-18-16)13-19-22-10-9-21-17-7-3-4-8-20-17/h1-2,5-6,11-13,17H,3-4,7-10H2. The molecule has 1 aromatic carbocycles. The van der Waals surface area contributed by atoms with Crippen LogP contribution in [0.1, 0.15) is 24.8 Å². The summed E-state index contributed by atoms with van der Waals surface area (Å²) in [6.07, 6.45) is 6.62. The lowest BCUT2D eigenvalue weighted by Gasteiger charge is -2.22. The minimum atomic E-state index is -0.0778. The van der Waals surface area contributed by atoms with Gasteiger partial charge < -0.3 is 14.3 Å². The van der Waals surface area contributed by atoms with Crippen LogP contribution >= 0.6 is 0 Å². The first-order valence-electron chi connectivity index (χ1n) is 7.65. The van der Waals surface area contributed by atoms with Crippen molar-refractivity contribution in [3.8, 4) is 0 Å². The van der Waals surface area contributed by atoms with Gasteiger partial charge in [-0.2, -0.15) is 0 Å². The van der Waals surface area contributed by atoms with Gasteiger partial charge in [0.2, 0.25) is 0 Å². The molecule has 5 heteroatoms. The fourth-order valence-electron chi connectivity index (χ4n) is 2.37. The summed E-state index contributed by atoms with van der Waals surface area (Å²) in [5, 5.41) is 5.03. The lowest BCUT2D eigenvalue weighted by Crippen LogP contribution is -2.23. The van der Waals surface area contributed by atoms with Crippen molar-refractivity contribution < 1.29 is 14.3 Å². The Morgan fingerprint density at radius 3 is 3.14 bits per heavy atom. The highest BCUT2D eigenvalue weighted by Crippen LogP contribution is 2.13. The molecule has 116 valence electrons. The molecule has 3 rings (SSSR count). The van der Waals surface area contributed by atoms with Crippen molar-refractivity contribution >= 4 is 17.1 Å². The fraction of sp³-hybridized carbons (Fsp3) is 0.412. The molecule has 0 bridgehead atoms. The quantitative estimate of drug-likeness (QED) is 0.467. The van der Waals surface area contributed by atoms with Gasteiger partial charge >= 0.3 is 0 Å². The zero-order valence-corrected chi connectivity index (χ0v) is 12.5. The van der Waals surface area contributed by atoms with E-state index in [1.165, 1.54) is 6.42 Å². The van der Waals surface area contributed by atoms with E-state index in [1.54, 1.807) is 12.4 Å². The van der Waals surface area contributed by atoms with Crippen molar-refractivity contribution in [2.24, 2.45) is 5.16 Å². The number of ether oxygens (including phenoxy) is 2. The Hall–Kier alpha value is -1.98. The zero-order valence-electron chi connectivity index (χ0n) is 12.5. The molecule has 0 spiro atoms. The number of fused-ring (bicyclic) bond motifs is 1. The van der Waals surface area contributed by atoms with Gasteiger partial charge in [0.15, 0.2) is 6.29 Å². The zero-order chi connectivity index (χ0) is 15.0. The number of para-hydroxylation sites is 1. The van der Waals surface area contributed by atoms with E-state index < -0.39 is 0 Å². The molecule has 1 aliphatic rings. The predicted octanol–water partition coefficient (Wildman–Crippen LogP) is 3.13. The molecule has 1 aromatic heterocycles. The van der Waals surface area contributed by atoms with Crippen LogP contribution in [0, 0.1) is 0 Å². The van der Waals surface area contributed by atoms with Gasteiger partial charge in [-0.15, -0.1) is 0 Å². The summed E-state index contributed by atoms with van der Waals surface area (Å²) < 4.78 is 11.0. The molecule has 0 saturated carbocycles. The maximum Gasteiger partial charge on any atom is 0.157 e. The summed E-state index contributed by atoms with van der Waals surface area (Å²) in [6.45, 7) is 1.69. The van der Waals surface area contributed by atoms with Crippen LogP contribution in [-0.2, 0) is 14.3 Å². The highest BCUT2D eigenvalue weighted by atomic mass is 16.7.